The Morgan fingerprint density at radius 2 is 1.60 bits per heavy atom. The van der Waals surface area contributed by atoms with Crippen LogP contribution >= 0.6 is 0 Å². The van der Waals surface area contributed by atoms with Gasteiger partial charge in [0.15, 0.2) is 0 Å². The van der Waals surface area contributed by atoms with E-state index in [0.717, 1.165) is 6.32 Å². The van der Waals surface area contributed by atoms with Gasteiger partial charge in [0, 0.05) is 0 Å². The lowest BCUT2D eigenvalue weighted by molar-refractivity contribution is 0.278. The van der Waals surface area contributed by atoms with Crippen molar-refractivity contribution < 1.29 is 15.1 Å². The molecule has 0 spiro atoms. The van der Waals surface area contributed by atoms with Crippen LogP contribution in [0.3, 0.4) is 0 Å². The quantitative estimate of drug-likeness (QED) is 0.376. The molecule has 2 radical (unpaired) electrons. The van der Waals surface area contributed by atoms with Crippen LogP contribution in [0.2, 0.25) is 6.32 Å². The maximum Gasteiger partial charge on any atom is 0.631 e. The maximum absolute atomic E-state index is 7.17. The van der Waals surface area contributed by atoms with Crippen LogP contribution in [0.25, 0.3) is 0 Å². The van der Waals surface area contributed by atoms with Crippen LogP contribution in [-0.2, 0) is 0 Å². The fraction of sp³-hybridized carbons (Fsp3) is 1.00. The molecule has 0 amide bonds. The van der Waals surface area contributed by atoms with Gasteiger partial charge >= 0.3 is 7.32 Å². The molecule has 0 aliphatic rings. The first-order chi connectivity index (χ1) is 4.65. The van der Waals surface area contributed by atoms with E-state index in [1.165, 1.54) is 19.3 Å². The minimum atomic E-state index is -2.17. The molecule has 0 saturated heterocycles. The van der Waals surface area contributed by atoms with Crippen molar-refractivity contribution in [3.05, 3.63) is 0 Å². The molecule has 0 saturated carbocycles. The van der Waals surface area contributed by atoms with E-state index in [2.05, 4.69) is 6.92 Å². The summed E-state index contributed by atoms with van der Waals surface area (Å²) in [6.45, 7) is 2.18. The predicted octanol–water partition coefficient (Wildman–Crippen LogP) is -0.288. The summed E-state index contributed by atoms with van der Waals surface area (Å²) in [7, 11) is 3.05. The van der Waals surface area contributed by atoms with Crippen molar-refractivity contribution in [3.8, 4) is 0 Å². The normalized spacial score (nSPS) is 8.00. The molecule has 10 heavy (non-hydrogen) atoms. The van der Waals surface area contributed by atoms with Crippen LogP contribution in [0, 0.1) is 0 Å². The summed E-state index contributed by atoms with van der Waals surface area (Å²) < 4.78 is 0. The fourth-order valence-corrected chi connectivity index (χ4v) is 0.394. The summed E-state index contributed by atoms with van der Waals surface area (Å²) in [5, 5.41) is 21.5. The first kappa shape index (κ1) is 12.7. The van der Waals surface area contributed by atoms with E-state index in [1.54, 1.807) is 0 Å². The maximum atomic E-state index is 7.17. The van der Waals surface area contributed by atoms with E-state index in [9.17, 15) is 0 Å². The van der Waals surface area contributed by atoms with Crippen LogP contribution in [0.15, 0.2) is 0 Å². The molecule has 0 aromatic carbocycles. The molecule has 0 aliphatic carbocycles. The number of unbranched alkanes of at least 4 members (excludes halogenated alkanes) is 2. The van der Waals surface area contributed by atoms with Gasteiger partial charge in [-0.3, -0.25) is 0 Å². The molecule has 0 unspecified atom stereocenters. The molecule has 0 rings (SSSR count). The average molecular weight is 144 g/mol. The first-order valence-corrected chi connectivity index (χ1v) is 3.39. The monoisotopic (exact) mass is 144 g/mol. The molecule has 5 heteroatoms. The first-order valence-electron chi connectivity index (χ1n) is 3.39. The Kier molecular flexibility index (Phi) is 14.9. The van der Waals surface area contributed by atoms with Gasteiger partial charge in [0.2, 0.25) is 0 Å². The summed E-state index contributed by atoms with van der Waals surface area (Å²) in [5.74, 6) is 0. The third kappa shape index (κ3) is 43.4. The van der Waals surface area contributed by atoms with Crippen LogP contribution in [-0.4, -0.2) is 30.2 Å². The minimum Gasteiger partial charge on any atom is -0.402 e. The Labute approximate surface area is 63.7 Å². The molecule has 3 N–H and O–H groups in total. The van der Waals surface area contributed by atoms with E-state index in [1.807, 2.05) is 0 Å². The lowest BCUT2D eigenvalue weighted by Crippen LogP contribution is -2.07. The Balaban J connectivity index is 0. The Morgan fingerprint density at radius 1 is 1.20 bits per heavy atom. The second-order valence-electron chi connectivity index (χ2n) is 1.84. The van der Waals surface area contributed by atoms with Crippen LogP contribution in [0.5, 0.6) is 0 Å². The largest absolute Gasteiger partial charge is 0.631 e. The van der Waals surface area contributed by atoms with E-state index < -0.39 is 7.32 Å². The van der Waals surface area contributed by atoms with Crippen LogP contribution in [0.4, 0.5) is 0 Å². The highest BCUT2D eigenvalue weighted by molar-refractivity contribution is 6.30. The molecule has 0 bridgehead atoms. The predicted molar refractivity (Wildman–Crippen MR) is 42.5 cm³/mol. The highest BCUT2D eigenvalue weighted by Crippen LogP contribution is 1.94. The second kappa shape index (κ2) is 11.8. The van der Waals surface area contributed by atoms with Crippen LogP contribution in [0.1, 0.15) is 26.2 Å². The van der Waals surface area contributed by atoms with Gasteiger partial charge in [0.05, 0.1) is 7.85 Å². The summed E-state index contributed by atoms with van der Waals surface area (Å²) >= 11 is 0. The third-order valence-corrected chi connectivity index (χ3v) is 0.808. The molecular formula is C5H14B2O3. The van der Waals surface area contributed by atoms with Gasteiger partial charge in [0.1, 0.15) is 0 Å². The Hall–Kier alpha value is 0.00987. The molecule has 0 aromatic heterocycles. The van der Waals surface area contributed by atoms with E-state index in [-0.39, 0.29) is 0 Å². The molecule has 0 atom stereocenters. The molecule has 58 valence electrons. The van der Waals surface area contributed by atoms with Gasteiger partial charge in [-0.25, -0.2) is 0 Å². The highest BCUT2D eigenvalue weighted by atomic mass is 16.5. The molecule has 0 aliphatic heterocycles. The zero-order valence-electron chi connectivity index (χ0n) is 6.32. The standard InChI is InChI=1S/C5H11B.BH3O3/c1-2-3-4-5-6;2-1(3)4/h2-5H2,1H3;2-4H. The van der Waals surface area contributed by atoms with Crippen molar-refractivity contribution in [2.45, 2.75) is 32.5 Å². The van der Waals surface area contributed by atoms with Gasteiger partial charge in [0.25, 0.3) is 0 Å². The Morgan fingerprint density at radius 3 is 1.70 bits per heavy atom. The Bertz CT molecular complexity index is 45.4. The van der Waals surface area contributed by atoms with Crippen molar-refractivity contribution >= 4 is 15.2 Å². The molecule has 0 heterocycles. The fourth-order valence-electron chi connectivity index (χ4n) is 0.394. The SMILES string of the molecule is OB(O)O.[B]CCCCC. The minimum absolute atomic E-state index is 0.855. The van der Waals surface area contributed by atoms with Crippen molar-refractivity contribution in [3.63, 3.8) is 0 Å². The van der Waals surface area contributed by atoms with Gasteiger partial charge < -0.3 is 15.1 Å². The van der Waals surface area contributed by atoms with Crippen molar-refractivity contribution in [2.24, 2.45) is 0 Å². The van der Waals surface area contributed by atoms with E-state index in [0.29, 0.717) is 0 Å². The third-order valence-electron chi connectivity index (χ3n) is 0.808. The van der Waals surface area contributed by atoms with Crippen molar-refractivity contribution in [1.82, 2.24) is 0 Å². The molecule has 0 fully saturated rings. The van der Waals surface area contributed by atoms with Crippen molar-refractivity contribution in [2.75, 3.05) is 0 Å². The summed E-state index contributed by atoms with van der Waals surface area (Å²) in [6, 6.07) is 0. The van der Waals surface area contributed by atoms with Crippen molar-refractivity contribution in [1.29, 1.82) is 0 Å². The summed E-state index contributed by atoms with van der Waals surface area (Å²) in [6.07, 6.45) is 4.61. The van der Waals surface area contributed by atoms with Gasteiger partial charge in [-0.1, -0.05) is 32.5 Å². The molecular weight excluding hydrogens is 130 g/mol. The zero-order chi connectivity index (χ0) is 8.41. The number of hydrogen-bond acceptors (Lipinski definition) is 3. The van der Waals surface area contributed by atoms with Gasteiger partial charge in [-0.2, -0.15) is 0 Å². The van der Waals surface area contributed by atoms with Gasteiger partial charge in [-0.05, 0) is 0 Å². The average Bonchev–Trinajstić information content (AvgIpc) is 1.82. The van der Waals surface area contributed by atoms with E-state index >= 15 is 0 Å². The summed E-state index contributed by atoms with van der Waals surface area (Å²) in [5.41, 5.74) is 0. The summed E-state index contributed by atoms with van der Waals surface area (Å²) in [4.78, 5) is 0. The second-order valence-corrected chi connectivity index (χ2v) is 1.84. The molecule has 0 aromatic rings. The smallest absolute Gasteiger partial charge is 0.402 e. The lowest BCUT2D eigenvalue weighted by Gasteiger charge is -1.86. The molecule has 3 nitrogen and oxygen atoms in total. The van der Waals surface area contributed by atoms with Gasteiger partial charge in [-0.15, -0.1) is 0 Å². The number of hydrogen-bond donors (Lipinski definition) is 3. The topological polar surface area (TPSA) is 60.7 Å². The highest BCUT2D eigenvalue weighted by Gasteiger charge is 1.92. The van der Waals surface area contributed by atoms with Crippen LogP contribution < -0.4 is 0 Å². The lowest BCUT2D eigenvalue weighted by atomic mass is 10.00. The van der Waals surface area contributed by atoms with E-state index in [4.69, 9.17) is 22.9 Å². The zero-order valence-corrected chi connectivity index (χ0v) is 6.32. The number of rotatable bonds is 3.